The van der Waals surface area contributed by atoms with E-state index in [9.17, 15) is 4.79 Å². The van der Waals surface area contributed by atoms with Crippen LogP contribution >= 0.6 is 23.2 Å². The van der Waals surface area contributed by atoms with Crippen molar-refractivity contribution < 1.29 is 13.6 Å². The second-order valence-corrected chi connectivity index (χ2v) is 9.46. The summed E-state index contributed by atoms with van der Waals surface area (Å²) in [5, 5.41) is 17.0. The van der Waals surface area contributed by atoms with E-state index in [4.69, 9.17) is 32.0 Å². The highest BCUT2D eigenvalue weighted by Gasteiger charge is 2.24. The molecule has 0 aliphatic heterocycles. The Bertz CT molecular complexity index is 1280. The van der Waals surface area contributed by atoms with E-state index in [0.29, 0.717) is 52.2 Å². The monoisotopic (exact) mass is 498 g/mol. The van der Waals surface area contributed by atoms with Gasteiger partial charge in [-0.2, -0.15) is 0 Å². The van der Waals surface area contributed by atoms with Crippen molar-refractivity contribution in [2.45, 2.75) is 50.7 Å². The predicted octanol–water partition coefficient (Wildman–Crippen LogP) is 5.54. The first-order valence-corrected chi connectivity index (χ1v) is 12.1. The lowest BCUT2D eigenvalue weighted by molar-refractivity contribution is 0.0898. The second kappa shape index (κ2) is 10.2. The number of furan rings is 1. The van der Waals surface area contributed by atoms with Crippen LogP contribution < -0.4 is 10.6 Å². The molecule has 2 aromatic carbocycles. The third-order valence-electron chi connectivity index (χ3n) is 6.08. The average Bonchev–Trinajstić information content (AvgIpc) is 3.46. The molecule has 0 radical (unpaired) electrons. The number of benzene rings is 2. The number of nitrogens with one attached hydrogen (secondary N) is 2. The van der Waals surface area contributed by atoms with Crippen molar-refractivity contribution in [2.24, 2.45) is 0 Å². The number of carbonyl (C=O) groups is 1. The normalized spacial score (nSPS) is 18.3. The minimum absolute atomic E-state index is 0.122. The number of halogens is 2. The van der Waals surface area contributed by atoms with Crippen molar-refractivity contribution in [3.8, 4) is 0 Å². The minimum Gasteiger partial charge on any atom is -0.451 e. The van der Waals surface area contributed by atoms with Crippen molar-refractivity contribution in [1.82, 2.24) is 20.8 Å². The number of hydrogen-bond donors (Lipinski definition) is 2. The maximum absolute atomic E-state index is 12.6. The van der Waals surface area contributed by atoms with Gasteiger partial charge in [0.1, 0.15) is 5.58 Å². The molecule has 5 rings (SSSR count). The first kappa shape index (κ1) is 22.9. The first-order chi connectivity index (χ1) is 16.5. The Morgan fingerprint density at radius 1 is 0.882 bits per heavy atom. The van der Waals surface area contributed by atoms with Crippen LogP contribution in [-0.2, 0) is 13.0 Å². The molecule has 2 aromatic heterocycles. The smallest absolute Gasteiger partial charge is 0.287 e. The summed E-state index contributed by atoms with van der Waals surface area (Å²) in [5.41, 5.74) is 1.72. The maximum atomic E-state index is 12.6. The third-order valence-corrected chi connectivity index (χ3v) is 6.57. The molecule has 2 N–H and O–H groups in total. The summed E-state index contributed by atoms with van der Waals surface area (Å²) in [6, 6.07) is 15.1. The first-order valence-electron chi connectivity index (χ1n) is 11.3. The molecule has 1 aliphatic rings. The highest BCUT2D eigenvalue weighted by atomic mass is 35.5. The van der Waals surface area contributed by atoms with E-state index < -0.39 is 0 Å². The molecule has 7 nitrogen and oxygen atoms in total. The standard InChI is InChI=1S/C25H24Cl2N4O3/c26-17-3-1-15(2-4-17)11-23-30-31-24(34-23)14-28-19-6-8-20(9-7-19)29-25(32)22-13-16-12-18(27)5-10-21(16)33-22/h1-5,10,12-13,19-20,28H,6-9,11,14H2,(H,29,32). The van der Waals surface area contributed by atoms with Gasteiger partial charge in [-0.1, -0.05) is 35.3 Å². The molecule has 9 heteroatoms. The highest BCUT2D eigenvalue weighted by Crippen LogP contribution is 2.24. The molecule has 1 aliphatic carbocycles. The predicted molar refractivity (Wildman–Crippen MR) is 130 cm³/mol. The van der Waals surface area contributed by atoms with Crippen molar-refractivity contribution in [3.63, 3.8) is 0 Å². The van der Waals surface area contributed by atoms with Crippen LogP contribution in [0.1, 0.15) is 53.6 Å². The summed E-state index contributed by atoms with van der Waals surface area (Å²) >= 11 is 11.9. The van der Waals surface area contributed by atoms with Gasteiger partial charge < -0.3 is 19.5 Å². The quantitative estimate of drug-likeness (QED) is 0.347. The number of carbonyl (C=O) groups excluding carboxylic acids is 1. The zero-order valence-electron chi connectivity index (χ0n) is 18.4. The summed E-state index contributed by atoms with van der Waals surface area (Å²) in [7, 11) is 0. The molecule has 0 unspecified atom stereocenters. The molecule has 1 saturated carbocycles. The molecule has 4 aromatic rings. The number of aromatic nitrogens is 2. The van der Waals surface area contributed by atoms with E-state index in [1.165, 1.54) is 0 Å². The van der Waals surface area contributed by atoms with E-state index in [-0.39, 0.29) is 11.9 Å². The van der Waals surface area contributed by atoms with Crippen LogP contribution in [0.5, 0.6) is 0 Å². The number of nitrogens with zero attached hydrogens (tertiary/aromatic N) is 2. The van der Waals surface area contributed by atoms with E-state index in [2.05, 4.69) is 20.8 Å². The van der Waals surface area contributed by atoms with Gasteiger partial charge in [0, 0.05) is 27.5 Å². The van der Waals surface area contributed by atoms with E-state index in [1.807, 2.05) is 24.3 Å². The topological polar surface area (TPSA) is 93.2 Å². The number of fused-ring (bicyclic) bond motifs is 1. The summed E-state index contributed by atoms with van der Waals surface area (Å²) in [6.45, 7) is 0.525. The Hall–Kier alpha value is -2.87. The van der Waals surface area contributed by atoms with Crippen LogP contribution in [0.2, 0.25) is 10.0 Å². The molecule has 1 amide bonds. The van der Waals surface area contributed by atoms with Gasteiger partial charge in [-0.25, -0.2) is 0 Å². The van der Waals surface area contributed by atoms with Gasteiger partial charge in [0.05, 0.1) is 13.0 Å². The van der Waals surface area contributed by atoms with Gasteiger partial charge in [-0.3, -0.25) is 4.79 Å². The lowest BCUT2D eigenvalue weighted by Gasteiger charge is -2.29. The molecular weight excluding hydrogens is 475 g/mol. The fourth-order valence-electron chi connectivity index (χ4n) is 4.26. The number of rotatable bonds is 7. The van der Waals surface area contributed by atoms with Gasteiger partial charge in [0.2, 0.25) is 11.8 Å². The van der Waals surface area contributed by atoms with Crippen LogP contribution in [0.4, 0.5) is 0 Å². The fourth-order valence-corrected chi connectivity index (χ4v) is 4.57. The minimum atomic E-state index is -0.192. The highest BCUT2D eigenvalue weighted by molar-refractivity contribution is 6.31. The molecule has 2 heterocycles. The molecule has 0 atom stereocenters. The van der Waals surface area contributed by atoms with E-state index >= 15 is 0 Å². The fraction of sp³-hybridized carbons (Fsp3) is 0.320. The molecule has 0 saturated heterocycles. The van der Waals surface area contributed by atoms with Crippen LogP contribution in [0.3, 0.4) is 0 Å². The van der Waals surface area contributed by atoms with Crippen LogP contribution in [0.15, 0.2) is 57.4 Å². The van der Waals surface area contributed by atoms with Crippen molar-refractivity contribution in [3.05, 3.63) is 81.7 Å². The van der Waals surface area contributed by atoms with Crippen molar-refractivity contribution in [2.75, 3.05) is 0 Å². The van der Waals surface area contributed by atoms with Gasteiger partial charge in [-0.05, 0) is 67.6 Å². The molecule has 34 heavy (non-hydrogen) atoms. The Morgan fingerprint density at radius 3 is 2.38 bits per heavy atom. The summed E-state index contributed by atoms with van der Waals surface area (Å²) in [5.74, 6) is 1.27. The Kier molecular flexibility index (Phi) is 6.85. The summed E-state index contributed by atoms with van der Waals surface area (Å²) in [4.78, 5) is 12.6. The van der Waals surface area contributed by atoms with Gasteiger partial charge in [-0.15, -0.1) is 10.2 Å². The average molecular weight is 499 g/mol. The largest absolute Gasteiger partial charge is 0.451 e. The van der Waals surface area contributed by atoms with Crippen molar-refractivity contribution >= 4 is 40.1 Å². The van der Waals surface area contributed by atoms with E-state index in [0.717, 1.165) is 36.6 Å². The SMILES string of the molecule is O=C(NC1CCC(NCc2nnc(Cc3ccc(Cl)cc3)o2)CC1)c1cc2cc(Cl)ccc2o1. The van der Waals surface area contributed by atoms with Crippen LogP contribution in [-0.4, -0.2) is 28.2 Å². The molecule has 176 valence electrons. The summed E-state index contributed by atoms with van der Waals surface area (Å²) in [6.07, 6.45) is 4.26. The zero-order valence-corrected chi connectivity index (χ0v) is 19.9. The summed E-state index contributed by atoms with van der Waals surface area (Å²) < 4.78 is 11.4. The van der Waals surface area contributed by atoms with Gasteiger partial charge >= 0.3 is 0 Å². The lowest BCUT2D eigenvalue weighted by atomic mass is 9.91. The van der Waals surface area contributed by atoms with Crippen molar-refractivity contribution in [1.29, 1.82) is 0 Å². The van der Waals surface area contributed by atoms with Gasteiger partial charge in [0.15, 0.2) is 5.76 Å². The second-order valence-electron chi connectivity index (χ2n) is 8.59. The van der Waals surface area contributed by atoms with Gasteiger partial charge in [0.25, 0.3) is 5.91 Å². The van der Waals surface area contributed by atoms with Crippen LogP contribution in [0, 0.1) is 0 Å². The third kappa shape index (κ3) is 5.60. The Morgan fingerprint density at radius 2 is 1.59 bits per heavy atom. The lowest BCUT2D eigenvalue weighted by Crippen LogP contribution is -2.42. The zero-order chi connectivity index (χ0) is 23.5. The van der Waals surface area contributed by atoms with E-state index in [1.54, 1.807) is 24.3 Å². The molecule has 0 bridgehead atoms. The number of hydrogen-bond acceptors (Lipinski definition) is 6. The molecule has 0 spiro atoms. The molecular formula is C25H24Cl2N4O3. The number of amides is 1. The molecule has 1 fully saturated rings. The Balaban J connectivity index is 1.07. The maximum Gasteiger partial charge on any atom is 0.287 e. The van der Waals surface area contributed by atoms with Crippen LogP contribution in [0.25, 0.3) is 11.0 Å². The Labute approximate surface area is 206 Å².